The van der Waals surface area contributed by atoms with Crippen molar-refractivity contribution in [2.75, 3.05) is 5.01 Å². The third kappa shape index (κ3) is 3.93. The van der Waals surface area contributed by atoms with Crippen molar-refractivity contribution in [1.82, 2.24) is 10.9 Å². The quantitative estimate of drug-likeness (QED) is 0.298. The fourth-order valence-corrected chi connectivity index (χ4v) is 3.05. The average Bonchev–Trinajstić information content (AvgIpc) is 2.94. The summed E-state index contributed by atoms with van der Waals surface area (Å²) in [6.45, 7) is 3.35. The van der Waals surface area contributed by atoms with Gasteiger partial charge in [0, 0.05) is 15.3 Å². The Bertz CT molecular complexity index is 1020. The molecule has 3 rings (SSSR count). The molecule has 1 heterocycles. The van der Waals surface area contributed by atoms with Crippen LogP contribution < -0.4 is 15.9 Å². The van der Waals surface area contributed by atoms with Crippen molar-refractivity contribution in [2.24, 2.45) is 5.10 Å². The second-order valence-electron chi connectivity index (χ2n) is 6.06. The maximum atomic E-state index is 12.8. The van der Waals surface area contributed by atoms with Gasteiger partial charge in [-0.1, -0.05) is 0 Å². The minimum absolute atomic E-state index is 0.0215. The first-order valence-electron chi connectivity index (χ1n) is 8.22. The molecule has 0 saturated heterocycles. The third-order valence-corrected chi connectivity index (χ3v) is 4.77. The number of anilines is 1. The fraction of sp³-hybridized carbons (Fsp3) is 0.105. The molecule has 0 unspecified atom stereocenters. The van der Waals surface area contributed by atoms with Crippen molar-refractivity contribution < 1.29 is 19.8 Å². The molecule has 9 heteroatoms. The number of rotatable bonds is 4. The van der Waals surface area contributed by atoms with Crippen LogP contribution in [-0.2, 0) is 4.79 Å². The SMILES string of the molecule is CC1=NN(c2ccc(I)cc2)C(=O)/C1=C(/C)NNC(=O)c1ccc(O)cc1O. The lowest BCUT2D eigenvalue weighted by Gasteiger charge is -2.14. The van der Waals surface area contributed by atoms with E-state index in [0.717, 1.165) is 9.64 Å². The van der Waals surface area contributed by atoms with Crippen LogP contribution >= 0.6 is 22.6 Å². The molecule has 0 radical (unpaired) electrons. The largest absolute Gasteiger partial charge is 0.508 e. The Morgan fingerprint density at radius 3 is 2.43 bits per heavy atom. The first-order valence-corrected chi connectivity index (χ1v) is 9.30. The highest BCUT2D eigenvalue weighted by Crippen LogP contribution is 2.25. The molecule has 2 aromatic carbocycles. The molecule has 2 amide bonds. The maximum absolute atomic E-state index is 12.8. The molecular formula is C19H17IN4O4. The summed E-state index contributed by atoms with van der Waals surface area (Å²) in [5.74, 6) is -1.44. The van der Waals surface area contributed by atoms with Crippen LogP contribution in [0.3, 0.4) is 0 Å². The number of phenolic OH excluding ortho intramolecular Hbond substituents is 2. The van der Waals surface area contributed by atoms with Gasteiger partial charge in [-0.3, -0.25) is 15.0 Å². The Morgan fingerprint density at radius 2 is 1.79 bits per heavy atom. The highest BCUT2D eigenvalue weighted by molar-refractivity contribution is 14.1. The first kappa shape index (κ1) is 19.7. The molecule has 1 aliphatic rings. The summed E-state index contributed by atoms with van der Waals surface area (Å²) < 4.78 is 1.04. The molecule has 28 heavy (non-hydrogen) atoms. The van der Waals surface area contributed by atoms with Gasteiger partial charge in [0.2, 0.25) is 0 Å². The molecule has 1 aliphatic heterocycles. The van der Waals surface area contributed by atoms with Gasteiger partial charge in [-0.05, 0) is 72.8 Å². The minimum Gasteiger partial charge on any atom is -0.508 e. The molecule has 0 aromatic heterocycles. The van der Waals surface area contributed by atoms with Crippen molar-refractivity contribution in [3.63, 3.8) is 0 Å². The summed E-state index contributed by atoms with van der Waals surface area (Å²) in [6.07, 6.45) is 0. The average molecular weight is 492 g/mol. The monoisotopic (exact) mass is 492 g/mol. The van der Waals surface area contributed by atoms with Crippen LogP contribution in [0.5, 0.6) is 11.5 Å². The van der Waals surface area contributed by atoms with Crippen molar-refractivity contribution in [2.45, 2.75) is 13.8 Å². The molecular weight excluding hydrogens is 475 g/mol. The molecule has 4 N–H and O–H groups in total. The highest BCUT2D eigenvalue weighted by atomic mass is 127. The van der Waals surface area contributed by atoms with Gasteiger partial charge in [-0.15, -0.1) is 0 Å². The van der Waals surface area contributed by atoms with Crippen LogP contribution in [0.1, 0.15) is 24.2 Å². The van der Waals surface area contributed by atoms with E-state index in [1.54, 1.807) is 26.0 Å². The Balaban J connectivity index is 1.76. The number of phenols is 2. The molecule has 0 saturated carbocycles. The molecule has 0 aliphatic carbocycles. The highest BCUT2D eigenvalue weighted by Gasteiger charge is 2.30. The summed E-state index contributed by atoms with van der Waals surface area (Å²) in [4.78, 5) is 25.0. The summed E-state index contributed by atoms with van der Waals surface area (Å²) >= 11 is 2.18. The van der Waals surface area contributed by atoms with E-state index in [1.165, 1.54) is 17.1 Å². The fourth-order valence-electron chi connectivity index (χ4n) is 2.69. The molecule has 0 fully saturated rings. The zero-order chi connectivity index (χ0) is 20.4. The Labute approximate surface area is 174 Å². The van der Waals surface area contributed by atoms with E-state index in [0.29, 0.717) is 22.7 Å². The third-order valence-electron chi connectivity index (χ3n) is 4.05. The van der Waals surface area contributed by atoms with Crippen LogP contribution in [0.15, 0.2) is 58.8 Å². The summed E-state index contributed by atoms with van der Waals surface area (Å²) in [6, 6.07) is 11.0. The number of carbonyl (C=O) groups excluding carboxylic acids is 2. The van der Waals surface area contributed by atoms with Crippen molar-refractivity contribution in [3.05, 3.63) is 62.9 Å². The number of carbonyl (C=O) groups is 2. The number of aromatic hydroxyl groups is 2. The Kier molecular flexibility index (Phi) is 5.54. The van der Waals surface area contributed by atoms with E-state index in [9.17, 15) is 19.8 Å². The molecule has 2 aromatic rings. The van der Waals surface area contributed by atoms with Gasteiger partial charge in [0.1, 0.15) is 11.5 Å². The van der Waals surface area contributed by atoms with Gasteiger partial charge in [0.15, 0.2) is 0 Å². The number of benzene rings is 2. The lowest BCUT2D eigenvalue weighted by Crippen LogP contribution is -2.37. The predicted octanol–water partition coefficient (Wildman–Crippen LogP) is 2.63. The Morgan fingerprint density at radius 1 is 1.11 bits per heavy atom. The van der Waals surface area contributed by atoms with E-state index in [2.05, 4.69) is 38.5 Å². The molecule has 0 spiro atoms. The Hall–Kier alpha value is -3.08. The van der Waals surface area contributed by atoms with Gasteiger partial charge in [-0.2, -0.15) is 10.1 Å². The standard InChI is InChI=1S/C19H17IN4O4/c1-10(21-22-18(27)15-8-7-14(25)9-16(15)26)17-11(2)23-24(19(17)28)13-5-3-12(20)4-6-13/h3-9,21,25-26H,1-2H3,(H,22,27)/b17-10-. The normalized spacial score (nSPS) is 15.3. The minimum atomic E-state index is -0.619. The van der Waals surface area contributed by atoms with Gasteiger partial charge < -0.3 is 15.6 Å². The second kappa shape index (κ2) is 7.89. The lowest BCUT2D eigenvalue weighted by atomic mass is 10.1. The number of nitrogens with zero attached hydrogens (tertiary/aromatic N) is 2. The number of halogens is 1. The lowest BCUT2D eigenvalue weighted by molar-refractivity contribution is -0.114. The van der Waals surface area contributed by atoms with E-state index < -0.39 is 5.91 Å². The summed E-state index contributed by atoms with van der Waals surface area (Å²) in [7, 11) is 0. The summed E-state index contributed by atoms with van der Waals surface area (Å²) in [5.41, 5.74) is 6.99. The maximum Gasteiger partial charge on any atom is 0.282 e. The van der Waals surface area contributed by atoms with E-state index in [-0.39, 0.29) is 23.0 Å². The first-order chi connectivity index (χ1) is 13.3. The van der Waals surface area contributed by atoms with E-state index in [1.807, 2.05) is 12.1 Å². The number of nitrogens with one attached hydrogen (secondary N) is 2. The smallest absolute Gasteiger partial charge is 0.282 e. The van der Waals surface area contributed by atoms with Crippen LogP contribution in [0.2, 0.25) is 0 Å². The van der Waals surface area contributed by atoms with E-state index >= 15 is 0 Å². The molecule has 144 valence electrons. The van der Waals surface area contributed by atoms with E-state index in [4.69, 9.17) is 0 Å². The van der Waals surface area contributed by atoms with Gasteiger partial charge in [0.05, 0.1) is 22.5 Å². The number of hydrazine groups is 1. The van der Waals surface area contributed by atoms with Crippen molar-refractivity contribution in [3.8, 4) is 11.5 Å². The van der Waals surface area contributed by atoms with Crippen LogP contribution in [-0.4, -0.2) is 27.7 Å². The zero-order valence-corrected chi connectivity index (χ0v) is 17.2. The summed E-state index contributed by atoms with van der Waals surface area (Å²) in [5, 5.41) is 24.7. The van der Waals surface area contributed by atoms with Gasteiger partial charge in [0.25, 0.3) is 11.8 Å². The molecule has 0 atom stereocenters. The molecule has 0 bridgehead atoms. The number of allylic oxidation sites excluding steroid dienone is 1. The van der Waals surface area contributed by atoms with Gasteiger partial charge in [-0.25, -0.2) is 0 Å². The van der Waals surface area contributed by atoms with Gasteiger partial charge >= 0.3 is 0 Å². The number of hydrogen-bond donors (Lipinski definition) is 4. The number of amides is 2. The molecule has 8 nitrogen and oxygen atoms in total. The van der Waals surface area contributed by atoms with Crippen LogP contribution in [0, 0.1) is 3.57 Å². The topological polar surface area (TPSA) is 114 Å². The van der Waals surface area contributed by atoms with Crippen LogP contribution in [0.25, 0.3) is 0 Å². The number of hydrazone groups is 1. The number of hydrogen-bond acceptors (Lipinski definition) is 6. The second-order valence-corrected chi connectivity index (χ2v) is 7.30. The van der Waals surface area contributed by atoms with Crippen LogP contribution in [0.4, 0.5) is 5.69 Å². The van der Waals surface area contributed by atoms with Crippen molar-refractivity contribution >= 4 is 45.8 Å². The predicted molar refractivity (Wildman–Crippen MR) is 113 cm³/mol. The van der Waals surface area contributed by atoms with Crippen molar-refractivity contribution in [1.29, 1.82) is 0 Å². The zero-order valence-electron chi connectivity index (χ0n) is 15.0.